The number of nitrogens with one attached hydrogen (secondary N) is 2. The summed E-state index contributed by atoms with van der Waals surface area (Å²) in [5.74, 6) is -0.806. The lowest BCUT2D eigenvalue weighted by atomic mass is 9.92. The van der Waals surface area contributed by atoms with Gasteiger partial charge < -0.3 is 20.3 Å². The summed E-state index contributed by atoms with van der Waals surface area (Å²) >= 11 is 0. The van der Waals surface area contributed by atoms with Gasteiger partial charge in [-0.3, -0.25) is 9.59 Å². The van der Waals surface area contributed by atoms with Gasteiger partial charge in [-0.25, -0.2) is 8.78 Å². The Kier molecular flexibility index (Phi) is 6.56. The molecule has 2 aliphatic heterocycles. The molecule has 2 aromatic rings. The predicted molar refractivity (Wildman–Crippen MR) is 126 cm³/mol. The molecule has 184 valence electrons. The molecule has 1 saturated carbocycles. The number of rotatable bonds is 6. The SMILES string of the molecule is C=C1CCC(N2Cc3cc(O[C@@H]4CCCC[C@@H]4NCc4ccc(F)cc4F)ccc3C2=O)C(=O)N1. The Balaban J connectivity index is 1.25. The maximum Gasteiger partial charge on any atom is 0.255 e. The van der Waals surface area contributed by atoms with Gasteiger partial charge in [0.1, 0.15) is 29.5 Å². The minimum Gasteiger partial charge on any atom is -0.489 e. The van der Waals surface area contributed by atoms with Gasteiger partial charge in [0, 0.05) is 42.0 Å². The number of piperidine rings is 1. The fraction of sp³-hybridized carbons (Fsp3) is 0.407. The molecule has 2 heterocycles. The van der Waals surface area contributed by atoms with Crippen LogP contribution in [0, 0.1) is 11.6 Å². The Hall–Kier alpha value is -3.26. The Morgan fingerprint density at radius 2 is 1.91 bits per heavy atom. The predicted octanol–water partition coefficient (Wildman–Crippen LogP) is 4.19. The molecule has 2 fully saturated rings. The molecule has 2 aromatic carbocycles. The number of fused-ring (bicyclic) bond motifs is 1. The van der Waals surface area contributed by atoms with Crippen molar-refractivity contribution in [1.82, 2.24) is 15.5 Å². The molecule has 0 bridgehead atoms. The van der Waals surface area contributed by atoms with Crippen molar-refractivity contribution in [2.45, 2.75) is 69.8 Å². The number of halogens is 2. The van der Waals surface area contributed by atoms with E-state index >= 15 is 0 Å². The van der Waals surface area contributed by atoms with Crippen molar-refractivity contribution in [2.24, 2.45) is 0 Å². The summed E-state index contributed by atoms with van der Waals surface area (Å²) in [5, 5.41) is 6.14. The maximum atomic E-state index is 14.0. The lowest BCUT2D eigenvalue weighted by Gasteiger charge is -2.33. The fourth-order valence-corrected chi connectivity index (χ4v) is 5.26. The summed E-state index contributed by atoms with van der Waals surface area (Å²) in [6, 6.07) is 8.61. The van der Waals surface area contributed by atoms with E-state index in [2.05, 4.69) is 17.2 Å². The zero-order chi connectivity index (χ0) is 24.5. The lowest BCUT2D eigenvalue weighted by molar-refractivity contribution is -0.126. The first kappa shape index (κ1) is 23.5. The van der Waals surface area contributed by atoms with Crippen molar-refractivity contribution < 1.29 is 23.1 Å². The number of ether oxygens (including phenoxy) is 1. The Bertz CT molecular complexity index is 1170. The summed E-state index contributed by atoms with van der Waals surface area (Å²) in [7, 11) is 0. The van der Waals surface area contributed by atoms with Crippen LogP contribution in [0.3, 0.4) is 0 Å². The number of benzene rings is 2. The molecule has 3 atom stereocenters. The molecule has 0 aromatic heterocycles. The van der Waals surface area contributed by atoms with Crippen LogP contribution >= 0.6 is 0 Å². The van der Waals surface area contributed by atoms with Crippen LogP contribution in [0.1, 0.15) is 60.0 Å². The van der Waals surface area contributed by atoms with E-state index in [1.54, 1.807) is 17.0 Å². The van der Waals surface area contributed by atoms with E-state index in [9.17, 15) is 18.4 Å². The van der Waals surface area contributed by atoms with Gasteiger partial charge >= 0.3 is 0 Å². The molecule has 1 saturated heterocycles. The third-order valence-electron chi connectivity index (χ3n) is 7.17. The van der Waals surface area contributed by atoms with Crippen LogP contribution in [0.4, 0.5) is 8.78 Å². The van der Waals surface area contributed by atoms with Crippen molar-refractivity contribution in [3.63, 3.8) is 0 Å². The summed E-state index contributed by atoms with van der Waals surface area (Å²) < 4.78 is 33.6. The summed E-state index contributed by atoms with van der Waals surface area (Å²) in [6.07, 6.45) is 4.96. The summed E-state index contributed by atoms with van der Waals surface area (Å²) in [5.41, 5.74) is 2.55. The first-order valence-corrected chi connectivity index (χ1v) is 12.2. The lowest BCUT2D eigenvalue weighted by Crippen LogP contribution is -2.49. The molecule has 1 unspecified atom stereocenters. The average Bonchev–Trinajstić information content (AvgIpc) is 3.15. The van der Waals surface area contributed by atoms with E-state index in [0.29, 0.717) is 48.5 Å². The summed E-state index contributed by atoms with van der Waals surface area (Å²) in [6.45, 7) is 4.46. The van der Waals surface area contributed by atoms with Crippen molar-refractivity contribution in [3.05, 3.63) is 77.0 Å². The molecule has 35 heavy (non-hydrogen) atoms. The maximum absolute atomic E-state index is 14.0. The number of allylic oxidation sites excluding steroid dienone is 1. The highest BCUT2D eigenvalue weighted by atomic mass is 19.1. The average molecular weight is 482 g/mol. The molecule has 5 rings (SSSR count). The number of nitrogens with zero attached hydrogens (tertiary/aromatic N) is 1. The van der Waals surface area contributed by atoms with E-state index in [0.717, 1.165) is 37.3 Å². The third-order valence-corrected chi connectivity index (χ3v) is 7.17. The Morgan fingerprint density at radius 1 is 1.09 bits per heavy atom. The first-order valence-electron chi connectivity index (χ1n) is 12.2. The van der Waals surface area contributed by atoms with E-state index in [-0.39, 0.29) is 24.0 Å². The quantitative estimate of drug-likeness (QED) is 0.649. The van der Waals surface area contributed by atoms with Crippen LogP contribution in [0.15, 0.2) is 48.7 Å². The summed E-state index contributed by atoms with van der Waals surface area (Å²) in [4.78, 5) is 27.0. The van der Waals surface area contributed by atoms with Gasteiger partial charge in [-0.2, -0.15) is 0 Å². The van der Waals surface area contributed by atoms with Crippen molar-refractivity contribution in [1.29, 1.82) is 0 Å². The highest BCUT2D eigenvalue weighted by Gasteiger charge is 2.38. The fourth-order valence-electron chi connectivity index (χ4n) is 5.26. The van der Waals surface area contributed by atoms with Crippen molar-refractivity contribution in [2.75, 3.05) is 0 Å². The van der Waals surface area contributed by atoms with E-state index < -0.39 is 17.7 Å². The number of hydrogen-bond acceptors (Lipinski definition) is 4. The third kappa shape index (κ3) is 4.93. The van der Waals surface area contributed by atoms with E-state index in [4.69, 9.17) is 4.74 Å². The standard InChI is InChI=1S/C27H29F2N3O3/c1-16-6-11-24(26(33)31-16)32-15-18-12-20(9-10-21(18)27(32)34)35-25-5-3-2-4-23(25)30-14-17-7-8-19(28)13-22(17)29/h7-10,12-13,23-25,30H,1-6,11,14-15H2,(H,31,33)/t23-,24?,25+/m0/s1. The monoisotopic (exact) mass is 481 g/mol. The normalized spacial score (nSPS) is 24.3. The van der Waals surface area contributed by atoms with E-state index in [1.807, 2.05) is 6.07 Å². The van der Waals surface area contributed by atoms with Crippen LogP contribution in [0.25, 0.3) is 0 Å². The minimum absolute atomic E-state index is 0.0265. The zero-order valence-electron chi connectivity index (χ0n) is 19.5. The van der Waals surface area contributed by atoms with Gasteiger partial charge in [0.25, 0.3) is 5.91 Å². The molecule has 0 radical (unpaired) electrons. The highest BCUT2D eigenvalue weighted by Crippen LogP contribution is 2.32. The second kappa shape index (κ2) is 9.77. The molecule has 3 aliphatic rings. The molecule has 8 heteroatoms. The number of amides is 2. The largest absolute Gasteiger partial charge is 0.489 e. The van der Waals surface area contributed by atoms with E-state index in [1.165, 1.54) is 12.1 Å². The molecule has 2 N–H and O–H groups in total. The van der Waals surface area contributed by atoms with Gasteiger partial charge in [0.2, 0.25) is 5.91 Å². The number of carbonyl (C=O) groups excluding carboxylic acids is 2. The molecule has 0 spiro atoms. The van der Waals surface area contributed by atoms with Gasteiger partial charge in [-0.1, -0.05) is 19.1 Å². The Labute approximate surface area is 203 Å². The van der Waals surface area contributed by atoms with Crippen LogP contribution in [-0.4, -0.2) is 34.9 Å². The first-order chi connectivity index (χ1) is 16.9. The van der Waals surface area contributed by atoms with Gasteiger partial charge in [0.15, 0.2) is 0 Å². The van der Waals surface area contributed by atoms with Gasteiger partial charge in [0.05, 0.1) is 0 Å². The minimum atomic E-state index is -0.589. The van der Waals surface area contributed by atoms with Crippen LogP contribution < -0.4 is 15.4 Å². The van der Waals surface area contributed by atoms with Crippen LogP contribution in [0.5, 0.6) is 5.75 Å². The molecule has 1 aliphatic carbocycles. The molecule has 6 nitrogen and oxygen atoms in total. The number of carbonyl (C=O) groups is 2. The second-order valence-electron chi connectivity index (χ2n) is 9.56. The van der Waals surface area contributed by atoms with Gasteiger partial charge in [-0.15, -0.1) is 0 Å². The van der Waals surface area contributed by atoms with Crippen molar-refractivity contribution in [3.8, 4) is 5.75 Å². The highest BCUT2D eigenvalue weighted by molar-refractivity contribution is 6.01. The number of hydrogen-bond donors (Lipinski definition) is 2. The van der Waals surface area contributed by atoms with Crippen molar-refractivity contribution >= 4 is 11.8 Å². The van der Waals surface area contributed by atoms with Crippen LogP contribution in [-0.2, 0) is 17.9 Å². The smallest absolute Gasteiger partial charge is 0.255 e. The molecular weight excluding hydrogens is 452 g/mol. The topological polar surface area (TPSA) is 70.7 Å². The Morgan fingerprint density at radius 3 is 2.71 bits per heavy atom. The van der Waals surface area contributed by atoms with Crippen LogP contribution in [0.2, 0.25) is 0 Å². The molecule has 2 amide bonds. The second-order valence-corrected chi connectivity index (χ2v) is 9.56. The van der Waals surface area contributed by atoms with Gasteiger partial charge in [-0.05, 0) is 61.9 Å². The zero-order valence-corrected chi connectivity index (χ0v) is 19.5. The molecular formula is C27H29F2N3O3.